The van der Waals surface area contributed by atoms with Gasteiger partial charge >= 0.3 is 0 Å². The number of carbonyl (C=O) groups excluding carboxylic acids is 3. The standard InChI is InChI=1S/C25H27N3O5/c1-16(2)32-19-8-6-18(7-9-19)22-21(23(29)20-10-5-17(3)33-20)24(30)25(31)28(22)13-4-12-27-14-11-26-15-27/h5-11,14-16,21-22H,4,12-13H2,1-3H3. The number of hydrogen-bond donors (Lipinski definition) is 0. The molecule has 33 heavy (non-hydrogen) atoms. The van der Waals surface area contributed by atoms with E-state index in [2.05, 4.69) is 4.98 Å². The van der Waals surface area contributed by atoms with E-state index < -0.39 is 29.4 Å². The number of Topliss-reactive ketones (excluding diaryl/α,β-unsaturated/α-hetero) is 2. The summed E-state index contributed by atoms with van der Waals surface area (Å²) in [5.74, 6) is -1.65. The summed E-state index contributed by atoms with van der Waals surface area (Å²) >= 11 is 0. The maximum atomic E-state index is 13.3. The highest BCUT2D eigenvalue weighted by molar-refractivity contribution is 6.43. The summed E-state index contributed by atoms with van der Waals surface area (Å²) in [7, 11) is 0. The minimum absolute atomic E-state index is 0.0154. The maximum Gasteiger partial charge on any atom is 0.291 e. The molecule has 0 aliphatic carbocycles. The van der Waals surface area contributed by atoms with Crippen molar-refractivity contribution in [1.29, 1.82) is 0 Å². The molecule has 0 saturated carbocycles. The van der Waals surface area contributed by atoms with Gasteiger partial charge in [0.1, 0.15) is 17.4 Å². The third-order valence-electron chi connectivity index (χ3n) is 5.64. The fourth-order valence-electron chi connectivity index (χ4n) is 4.18. The minimum Gasteiger partial charge on any atom is -0.491 e. The summed E-state index contributed by atoms with van der Waals surface area (Å²) in [6, 6.07) is 9.72. The van der Waals surface area contributed by atoms with Gasteiger partial charge in [-0.2, -0.15) is 0 Å². The van der Waals surface area contributed by atoms with Gasteiger partial charge in [-0.15, -0.1) is 0 Å². The van der Waals surface area contributed by atoms with Crippen molar-refractivity contribution in [1.82, 2.24) is 14.5 Å². The molecule has 172 valence electrons. The van der Waals surface area contributed by atoms with Crippen molar-refractivity contribution in [2.45, 2.75) is 45.9 Å². The van der Waals surface area contributed by atoms with E-state index in [4.69, 9.17) is 9.15 Å². The highest BCUT2D eigenvalue weighted by Gasteiger charge is 2.52. The quantitative estimate of drug-likeness (QED) is 0.281. The first kappa shape index (κ1) is 22.5. The smallest absolute Gasteiger partial charge is 0.291 e. The Morgan fingerprint density at radius 2 is 1.88 bits per heavy atom. The lowest BCUT2D eigenvalue weighted by Crippen LogP contribution is -2.32. The van der Waals surface area contributed by atoms with Crippen LogP contribution in [0.3, 0.4) is 0 Å². The van der Waals surface area contributed by atoms with Crippen molar-refractivity contribution in [2.24, 2.45) is 5.92 Å². The first-order valence-electron chi connectivity index (χ1n) is 11.0. The van der Waals surface area contributed by atoms with Crippen LogP contribution >= 0.6 is 0 Å². The lowest BCUT2D eigenvalue weighted by atomic mass is 9.88. The number of carbonyl (C=O) groups is 3. The van der Waals surface area contributed by atoms with Gasteiger partial charge in [0.2, 0.25) is 11.6 Å². The molecule has 2 aromatic heterocycles. The van der Waals surface area contributed by atoms with E-state index in [0.717, 1.165) is 0 Å². The molecule has 8 heteroatoms. The minimum atomic E-state index is -1.16. The molecule has 1 aliphatic rings. The number of ketones is 2. The van der Waals surface area contributed by atoms with Gasteiger partial charge in [-0.3, -0.25) is 14.4 Å². The summed E-state index contributed by atoms with van der Waals surface area (Å²) in [5, 5.41) is 0. The average molecular weight is 450 g/mol. The van der Waals surface area contributed by atoms with Crippen molar-refractivity contribution in [3.8, 4) is 5.75 Å². The molecule has 1 aromatic carbocycles. The van der Waals surface area contributed by atoms with E-state index in [1.165, 1.54) is 4.90 Å². The number of aromatic nitrogens is 2. The van der Waals surface area contributed by atoms with E-state index >= 15 is 0 Å². The maximum absolute atomic E-state index is 13.3. The molecule has 4 rings (SSSR count). The number of imidazole rings is 1. The average Bonchev–Trinajstić information content (AvgIpc) is 3.51. The van der Waals surface area contributed by atoms with Gasteiger partial charge in [-0.05, 0) is 57.0 Å². The number of amides is 1. The molecule has 1 aliphatic heterocycles. The first-order chi connectivity index (χ1) is 15.8. The van der Waals surface area contributed by atoms with Crippen molar-refractivity contribution in [2.75, 3.05) is 6.54 Å². The third-order valence-corrected chi connectivity index (χ3v) is 5.64. The number of likely N-dealkylation sites (tertiary alicyclic amines) is 1. The molecular weight excluding hydrogens is 422 g/mol. The van der Waals surface area contributed by atoms with E-state index in [-0.39, 0.29) is 11.9 Å². The topological polar surface area (TPSA) is 94.6 Å². The Morgan fingerprint density at radius 1 is 1.12 bits per heavy atom. The number of ether oxygens (including phenoxy) is 1. The molecule has 2 atom stereocenters. The van der Waals surface area contributed by atoms with Crippen LogP contribution in [0.2, 0.25) is 0 Å². The van der Waals surface area contributed by atoms with Crippen LogP contribution in [0.1, 0.15) is 48.2 Å². The fourth-order valence-corrected chi connectivity index (χ4v) is 4.18. The van der Waals surface area contributed by atoms with Crippen molar-refractivity contribution >= 4 is 17.5 Å². The van der Waals surface area contributed by atoms with E-state index in [9.17, 15) is 14.4 Å². The predicted octanol–water partition coefficient (Wildman–Crippen LogP) is 3.61. The molecule has 1 saturated heterocycles. The van der Waals surface area contributed by atoms with Crippen LogP contribution in [0.5, 0.6) is 5.75 Å². The number of hydrogen-bond acceptors (Lipinski definition) is 6. The van der Waals surface area contributed by atoms with Crippen LogP contribution in [0.15, 0.2) is 59.5 Å². The number of rotatable bonds is 9. The molecule has 3 heterocycles. The second-order valence-corrected chi connectivity index (χ2v) is 8.45. The SMILES string of the molecule is Cc1ccc(C(=O)C2C(=O)C(=O)N(CCCn3ccnc3)C2c2ccc(OC(C)C)cc2)o1. The number of benzene rings is 1. The van der Waals surface area contributed by atoms with Crippen LogP contribution < -0.4 is 4.74 Å². The normalized spacial score (nSPS) is 18.4. The van der Waals surface area contributed by atoms with Gasteiger partial charge in [0.15, 0.2) is 5.76 Å². The van der Waals surface area contributed by atoms with Crippen LogP contribution in [-0.2, 0) is 16.1 Å². The Hall–Kier alpha value is -3.68. The third kappa shape index (κ3) is 4.74. The lowest BCUT2D eigenvalue weighted by Gasteiger charge is -2.27. The molecular formula is C25H27N3O5. The Morgan fingerprint density at radius 3 is 2.48 bits per heavy atom. The fraction of sp³-hybridized carbons (Fsp3) is 0.360. The van der Waals surface area contributed by atoms with Crippen LogP contribution in [0.25, 0.3) is 0 Å². The molecule has 2 unspecified atom stereocenters. The zero-order valence-electron chi connectivity index (χ0n) is 18.9. The van der Waals surface area contributed by atoms with Gasteiger partial charge < -0.3 is 18.6 Å². The van der Waals surface area contributed by atoms with E-state index in [1.54, 1.807) is 43.7 Å². The summed E-state index contributed by atoms with van der Waals surface area (Å²) in [4.78, 5) is 44.8. The highest BCUT2D eigenvalue weighted by Crippen LogP contribution is 2.39. The second kappa shape index (κ2) is 9.44. The number of nitrogens with zero attached hydrogens (tertiary/aromatic N) is 3. The largest absolute Gasteiger partial charge is 0.491 e. The van der Waals surface area contributed by atoms with Crippen LogP contribution in [0, 0.1) is 12.8 Å². The molecule has 1 amide bonds. The monoisotopic (exact) mass is 449 g/mol. The van der Waals surface area contributed by atoms with Gasteiger partial charge in [0.25, 0.3) is 5.91 Å². The molecule has 1 fully saturated rings. The van der Waals surface area contributed by atoms with Crippen LogP contribution in [-0.4, -0.2) is 44.6 Å². The number of furan rings is 1. The van der Waals surface area contributed by atoms with Crippen molar-refractivity contribution < 1.29 is 23.5 Å². The summed E-state index contributed by atoms with van der Waals surface area (Å²) in [6.07, 6.45) is 5.86. The Balaban J connectivity index is 1.64. The van der Waals surface area contributed by atoms with E-state index in [0.29, 0.717) is 36.6 Å². The van der Waals surface area contributed by atoms with Gasteiger partial charge in [0, 0.05) is 25.5 Å². The predicted molar refractivity (Wildman–Crippen MR) is 120 cm³/mol. The highest BCUT2D eigenvalue weighted by atomic mass is 16.5. The zero-order chi connectivity index (χ0) is 23.5. The Labute approximate surface area is 192 Å². The first-order valence-corrected chi connectivity index (χ1v) is 11.0. The van der Waals surface area contributed by atoms with E-state index in [1.807, 2.05) is 36.7 Å². The molecule has 0 spiro atoms. The molecule has 0 N–H and O–H groups in total. The zero-order valence-corrected chi connectivity index (χ0v) is 18.9. The molecule has 0 radical (unpaired) electrons. The Kier molecular flexibility index (Phi) is 6.44. The van der Waals surface area contributed by atoms with Gasteiger partial charge in [-0.1, -0.05) is 12.1 Å². The summed E-state index contributed by atoms with van der Waals surface area (Å²) in [5.41, 5.74) is 0.703. The van der Waals surface area contributed by atoms with Gasteiger partial charge in [-0.25, -0.2) is 4.98 Å². The molecule has 8 nitrogen and oxygen atoms in total. The van der Waals surface area contributed by atoms with Crippen LogP contribution in [0.4, 0.5) is 0 Å². The van der Waals surface area contributed by atoms with Gasteiger partial charge in [0.05, 0.1) is 18.5 Å². The second-order valence-electron chi connectivity index (χ2n) is 8.45. The summed E-state index contributed by atoms with van der Waals surface area (Å²) in [6.45, 7) is 6.57. The van der Waals surface area contributed by atoms with Crippen molar-refractivity contribution in [3.05, 3.63) is 72.2 Å². The van der Waals surface area contributed by atoms with Crippen molar-refractivity contribution in [3.63, 3.8) is 0 Å². The molecule has 3 aromatic rings. The number of aryl methyl sites for hydroxylation is 2. The summed E-state index contributed by atoms with van der Waals surface area (Å²) < 4.78 is 13.1. The lowest BCUT2D eigenvalue weighted by molar-refractivity contribution is -0.140. The Bertz CT molecular complexity index is 1130. The molecule has 0 bridgehead atoms.